The highest BCUT2D eigenvalue weighted by molar-refractivity contribution is 5.85. The standard InChI is InChI=1S/C11H18N4O/c1-8-9(6-15(2)14-8)5-13-10(16)11(7-12)3-4-11/h6H,3-5,7,12H2,1-2H3,(H,13,16). The van der Waals surface area contributed by atoms with Crippen LogP contribution in [-0.4, -0.2) is 22.2 Å². The molecule has 1 aliphatic rings. The van der Waals surface area contributed by atoms with Crippen LogP contribution in [0.15, 0.2) is 6.20 Å². The Bertz CT molecular complexity index is 406. The van der Waals surface area contributed by atoms with Gasteiger partial charge in [-0.3, -0.25) is 9.48 Å². The van der Waals surface area contributed by atoms with Crippen molar-refractivity contribution >= 4 is 5.91 Å². The average molecular weight is 222 g/mol. The van der Waals surface area contributed by atoms with Gasteiger partial charge in [0.1, 0.15) is 0 Å². The molecular weight excluding hydrogens is 204 g/mol. The molecule has 5 heteroatoms. The van der Waals surface area contributed by atoms with E-state index >= 15 is 0 Å². The predicted molar refractivity (Wildman–Crippen MR) is 60.5 cm³/mol. The molecule has 0 spiro atoms. The minimum Gasteiger partial charge on any atom is -0.351 e. The van der Waals surface area contributed by atoms with Crippen LogP contribution < -0.4 is 11.1 Å². The van der Waals surface area contributed by atoms with Gasteiger partial charge in [0.15, 0.2) is 0 Å². The molecule has 1 aromatic heterocycles. The second kappa shape index (κ2) is 3.90. The van der Waals surface area contributed by atoms with Gasteiger partial charge in [-0.05, 0) is 19.8 Å². The van der Waals surface area contributed by atoms with E-state index in [0.717, 1.165) is 24.1 Å². The van der Waals surface area contributed by atoms with Gasteiger partial charge in [-0.25, -0.2) is 0 Å². The van der Waals surface area contributed by atoms with Crippen LogP contribution in [0.2, 0.25) is 0 Å². The maximum Gasteiger partial charge on any atom is 0.227 e. The summed E-state index contributed by atoms with van der Waals surface area (Å²) in [6, 6.07) is 0. The third-order valence-electron chi connectivity index (χ3n) is 3.28. The molecule has 0 atom stereocenters. The average Bonchev–Trinajstić information content (AvgIpc) is 2.98. The van der Waals surface area contributed by atoms with Gasteiger partial charge in [0, 0.05) is 31.9 Å². The molecule has 5 nitrogen and oxygen atoms in total. The van der Waals surface area contributed by atoms with Gasteiger partial charge >= 0.3 is 0 Å². The van der Waals surface area contributed by atoms with Crippen molar-refractivity contribution in [3.8, 4) is 0 Å². The summed E-state index contributed by atoms with van der Waals surface area (Å²) in [5.74, 6) is 0.0817. The van der Waals surface area contributed by atoms with Crippen LogP contribution in [-0.2, 0) is 18.4 Å². The van der Waals surface area contributed by atoms with E-state index in [1.807, 2.05) is 20.2 Å². The monoisotopic (exact) mass is 222 g/mol. The van der Waals surface area contributed by atoms with Gasteiger partial charge in [-0.2, -0.15) is 5.10 Å². The van der Waals surface area contributed by atoms with E-state index in [4.69, 9.17) is 5.73 Å². The van der Waals surface area contributed by atoms with Crippen LogP contribution in [0, 0.1) is 12.3 Å². The minimum absolute atomic E-state index is 0.0817. The number of rotatable bonds is 4. The molecular formula is C11H18N4O. The quantitative estimate of drug-likeness (QED) is 0.758. The summed E-state index contributed by atoms with van der Waals surface area (Å²) >= 11 is 0. The van der Waals surface area contributed by atoms with Crippen molar-refractivity contribution in [2.75, 3.05) is 6.54 Å². The maximum absolute atomic E-state index is 11.8. The van der Waals surface area contributed by atoms with E-state index < -0.39 is 0 Å². The fraction of sp³-hybridized carbons (Fsp3) is 0.636. The van der Waals surface area contributed by atoms with E-state index in [2.05, 4.69) is 10.4 Å². The maximum atomic E-state index is 11.8. The molecule has 1 aromatic rings. The van der Waals surface area contributed by atoms with Crippen LogP contribution in [0.4, 0.5) is 0 Å². The van der Waals surface area contributed by atoms with Crippen LogP contribution in [0.5, 0.6) is 0 Å². The zero-order chi connectivity index (χ0) is 11.8. The Morgan fingerprint density at radius 2 is 2.38 bits per heavy atom. The molecule has 2 rings (SSSR count). The molecule has 1 amide bonds. The third-order valence-corrected chi connectivity index (χ3v) is 3.28. The summed E-state index contributed by atoms with van der Waals surface area (Å²) in [5.41, 5.74) is 7.35. The Kier molecular flexibility index (Phi) is 2.71. The molecule has 88 valence electrons. The van der Waals surface area contributed by atoms with Crippen molar-refractivity contribution in [2.24, 2.45) is 18.2 Å². The third kappa shape index (κ3) is 1.95. The molecule has 0 radical (unpaired) electrons. The smallest absolute Gasteiger partial charge is 0.227 e. The number of aryl methyl sites for hydroxylation is 2. The van der Waals surface area contributed by atoms with Crippen molar-refractivity contribution in [3.63, 3.8) is 0 Å². The first-order valence-corrected chi connectivity index (χ1v) is 5.55. The lowest BCUT2D eigenvalue weighted by molar-refractivity contribution is -0.126. The minimum atomic E-state index is -0.268. The van der Waals surface area contributed by atoms with Crippen molar-refractivity contribution < 1.29 is 4.79 Å². The Labute approximate surface area is 95.0 Å². The lowest BCUT2D eigenvalue weighted by Gasteiger charge is -2.12. The number of hydrogen-bond acceptors (Lipinski definition) is 3. The highest BCUT2D eigenvalue weighted by Gasteiger charge is 2.48. The summed E-state index contributed by atoms with van der Waals surface area (Å²) < 4.78 is 1.76. The van der Waals surface area contributed by atoms with Crippen molar-refractivity contribution in [1.82, 2.24) is 15.1 Å². The normalized spacial score (nSPS) is 17.2. The van der Waals surface area contributed by atoms with E-state index in [1.165, 1.54) is 0 Å². The molecule has 0 aliphatic heterocycles. The largest absolute Gasteiger partial charge is 0.351 e. The van der Waals surface area contributed by atoms with E-state index in [9.17, 15) is 4.79 Å². The predicted octanol–water partition coefficient (Wildman–Crippen LogP) is 0.0836. The summed E-state index contributed by atoms with van der Waals surface area (Å²) in [6.45, 7) is 2.93. The van der Waals surface area contributed by atoms with Crippen LogP contribution >= 0.6 is 0 Å². The Balaban J connectivity index is 1.93. The van der Waals surface area contributed by atoms with Gasteiger partial charge in [-0.1, -0.05) is 0 Å². The number of nitrogens with one attached hydrogen (secondary N) is 1. The second-order valence-corrected chi connectivity index (χ2v) is 4.58. The van der Waals surface area contributed by atoms with E-state index in [0.29, 0.717) is 13.1 Å². The first-order valence-electron chi connectivity index (χ1n) is 5.55. The van der Waals surface area contributed by atoms with E-state index in [1.54, 1.807) is 4.68 Å². The Morgan fingerprint density at radius 3 is 2.81 bits per heavy atom. The van der Waals surface area contributed by atoms with Gasteiger partial charge < -0.3 is 11.1 Å². The van der Waals surface area contributed by atoms with Crippen LogP contribution in [0.1, 0.15) is 24.1 Å². The number of aromatic nitrogens is 2. The number of carbonyl (C=O) groups is 1. The highest BCUT2D eigenvalue weighted by atomic mass is 16.2. The molecule has 1 fully saturated rings. The number of nitrogens with two attached hydrogens (primary N) is 1. The zero-order valence-electron chi connectivity index (χ0n) is 9.79. The summed E-state index contributed by atoms with van der Waals surface area (Å²) in [5, 5.41) is 7.16. The first-order chi connectivity index (χ1) is 7.57. The van der Waals surface area contributed by atoms with Gasteiger partial charge in [0.2, 0.25) is 5.91 Å². The molecule has 16 heavy (non-hydrogen) atoms. The topological polar surface area (TPSA) is 72.9 Å². The summed E-state index contributed by atoms with van der Waals surface area (Å²) in [6.07, 6.45) is 3.76. The number of hydrogen-bond donors (Lipinski definition) is 2. The second-order valence-electron chi connectivity index (χ2n) is 4.58. The molecule has 0 aromatic carbocycles. The lowest BCUT2D eigenvalue weighted by atomic mass is 10.1. The summed E-state index contributed by atoms with van der Waals surface area (Å²) in [4.78, 5) is 11.8. The van der Waals surface area contributed by atoms with E-state index in [-0.39, 0.29) is 11.3 Å². The molecule has 0 bridgehead atoms. The van der Waals surface area contributed by atoms with Crippen LogP contribution in [0.25, 0.3) is 0 Å². The number of nitrogens with zero attached hydrogens (tertiary/aromatic N) is 2. The van der Waals surface area contributed by atoms with Crippen molar-refractivity contribution in [3.05, 3.63) is 17.5 Å². The number of amides is 1. The van der Waals surface area contributed by atoms with Gasteiger partial charge in [0.25, 0.3) is 0 Å². The molecule has 1 aliphatic carbocycles. The van der Waals surface area contributed by atoms with Gasteiger partial charge in [-0.15, -0.1) is 0 Å². The highest BCUT2D eigenvalue weighted by Crippen LogP contribution is 2.44. The van der Waals surface area contributed by atoms with Crippen molar-refractivity contribution in [2.45, 2.75) is 26.3 Å². The van der Waals surface area contributed by atoms with Crippen LogP contribution in [0.3, 0.4) is 0 Å². The van der Waals surface area contributed by atoms with Gasteiger partial charge in [0.05, 0.1) is 11.1 Å². The Hall–Kier alpha value is -1.36. The summed E-state index contributed by atoms with van der Waals surface area (Å²) in [7, 11) is 1.88. The SMILES string of the molecule is Cc1nn(C)cc1CNC(=O)C1(CN)CC1. The molecule has 3 N–H and O–H groups in total. The number of carbonyl (C=O) groups excluding carboxylic acids is 1. The molecule has 0 saturated heterocycles. The molecule has 1 heterocycles. The zero-order valence-corrected chi connectivity index (χ0v) is 9.79. The van der Waals surface area contributed by atoms with Crippen molar-refractivity contribution in [1.29, 1.82) is 0 Å². The first kappa shape index (κ1) is 11.1. The fourth-order valence-electron chi connectivity index (χ4n) is 1.86. The molecule has 1 saturated carbocycles. The fourth-order valence-corrected chi connectivity index (χ4v) is 1.86. The molecule has 0 unspecified atom stereocenters. The Morgan fingerprint density at radius 1 is 1.69 bits per heavy atom. The lowest BCUT2D eigenvalue weighted by Crippen LogP contribution is -2.36.